The number of carbonyl (C=O) groups is 1. The maximum atomic E-state index is 12.8. The lowest BCUT2D eigenvalue weighted by molar-refractivity contribution is 0.0723. The zero-order chi connectivity index (χ0) is 14.2. The van der Waals surface area contributed by atoms with Crippen molar-refractivity contribution >= 4 is 11.6 Å². The summed E-state index contributed by atoms with van der Waals surface area (Å²) in [7, 11) is 0. The first-order chi connectivity index (χ1) is 10.3. The SMILES string of the molecule is O=C(c1cnc2ccccn12)N1CCC[C@H]1c1nn[nH]n1. The lowest BCUT2D eigenvalue weighted by atomic mass is 10.2. The van der Waals surface area contributed by atoms with Crippen LogP contribution in [0.25, 0.3) is 5.65 Å². The molecule has 0 bridgehead atoms. The van der Waals surface area contributed by atoms with Crippen LogP contribution in [0.3, 0.4) is 0 Å². The Morgan fingerprint density at radius 3 is 3.19 bits per heavy atom. The summed E-state index contributed by atoms with van der Waals surface area (Å²) in [4.78, 5) is 18.9. The number of imidazole rings is 1. The molecule has 8 heteroatoms. The minimum absolute atomic E-state index is 0.0546. The van der Waals surface area contributed by atoms with E-state index in [-0.39, 0.29) is 11.9 Å². The fraction of sp³-hybridized carbons (Fsp3) is 0.308. The van der Waals surface area contributed by atoms with Gasteiger partial charge in [-0.3, -0.25) is 9.20 Å². The first kappa shape index (κ1) is 12.0. The maximum absolute atomic E-state index is 12.8. The van der Waals surface area contributed by atoms with E-state index in [4.69, 9.17) is 0 Å². The highest BCUT2D eigenvalue weighted by atomic mass is 16.2. The van der Waals surface area contributed by atoms with Crippen molar-refractivity contribution in [1.82, 2.24) is 34.9 Å². The first-order valence-corrected chi connectivity index (χ1v) is 6.81. The number of nitrogens with zero attached hydrogens (tertiary/aromatic N) is 6. The monoisotopic (exact) mass is 283 g/mol. The first-order valence-electron chi connectivity index (χ1n) is 6.81. The molecule has 1 aliphatic rings. The average Bonchev–Trinajstić information content (AvgIpc) is 3.25. The van der Waals surface area contributed by atoms with Crippen LogP contribution >= 0.6 is 0 Å². The van der Waals surface area contributed by atoms with Gasteiger partial charge in [-0.25, -0.2) is 4.98 Å². The van der Waals surface area contributed by atoms with E-state index in [9.17, 15) is 4.79 Å². The molecule has 0 radical (unpaired) electrons. The molecule has 0 unspecified atom stereocenters. The Morgan fingerprint density at radius 1 is 1.38 bits per heavy atom. The van der Waals surface area contributed by atoms with Crippen LogP contribution < -0.4 is 0 Å². The number of H-pyrrole nitrogens is 1. The van der Waals surface area contributed by atoms with Crippen molar-refractivity contribution < 1.29 is 4.79 Å². The van der Waals surface area contributed by atoms with Crippen molar-refractivity contribution in [1.29, 1.82) is 0 Å². The van der Waals surface area contributed by atoms with Crippen molar-refractivity contribution in [2.45, 2.75) is 18.9 Å². The molecule has 4 rings (SSSR count). The highest BCUT2D eigenvalue weighted by Crippen LogP contribution is 2.30. The number of likely N-dealkylation sites (tertiary alicyclic amines) is 1. The molecule has 0 spiro atoms. The largest absolute Gasteiger partial charge is 0.327 e. The van der Waals surface area contributed by atoms with Gasteiger partial charge in [-0.1, -0.05) is 11.3 Å². The highest BCUT2D eigenvalue weighted by molar-refractivity contribution is 5.93. The average molecular weight is 283 g/mol. The number of aromatic amines is 1. The molecule has 3 aromatic heterocycles. The Kier molecular flexibility index (Phi) is 2.66. The van der Waals surface area contributed by atoms with Gasteiger partial charge in [0.15, 0.2) is 5.82 Å². The van der Waals surface area contributed by atoms with Gasteiger partial charge < -0.3 is 4.90 Å². The summed E-state index contributed by atoms with van der Waals surface area (Å²) in [5, 5.41) is 14.0. The molecule has 1 saturated heterocycles. The van der Waals surface area contributed by atoms with Gasteiger partial charge in [0.25, 0.3) is 5.91 Å². The van der Waals surface area contributed by atoms with E-state index in [0.29, 0.717) is 18.1 Å². The lowest BCUT2D eigenvalue weighted by Gasteiger charge is -2.21. The van der Waals surface area contributed by atoms with Gasteiger partial charge in [0.1, 0.15) is 11.3 Å². The molecule has 106 valence electrons. The van der Waals surface area contributed by atoms with Crippen LogP contribution in [0.2, 0.25) is 0 Å². The van der Waals surface area contributed by atoms with Crippen molar-refractivity contribution in [2.24, 2.45) is 0 Å². The van der Waals surface area contributed by atoms with Crippen LogP contribution in [0.15, 0.2) is 30.6 Å². The van der Waals surface area contributed by atoms with Gasteiger partial charge in [-0.2, -0.15) is 5.21 Å². The van der Waals surface area contributed by atoms with Crippen molar-refractivity contribution in [2.75, 3.05) is 6.54 Å². The predicted octanol–water partition coefficient (Wildman–Crippen LogP) is 0.825. The fourth-order valence-electron chi connectivity index (χ4n) is 2.83. The smallest absolute Gasteiger partial charge is 0.273 e. The summed E-state index contributed by atoms with van der Waals surface area (Å²) in [5.74, 6) is 0.510. The highest BCUT2D eigenvalue weighted by Gasteiger charge is 2.34. The molecule has 0 aromatic carbocycles. The third-order valence-electron chi connectivity index (χ3n) is 3.81. The predicted molar refractivity (Wildman–Crippen MR) is 72.4 cm³/mol. The molecule has 1 N–H and O–H groups in total. The summed E-state index contributed by atoms with van der Waals surface area (Å²) in [6.07, 6.45) is 5.24. The number of aromatic nitrogens is 6. The van der Waals surface area contributed by atoms with Gasteiger partial charge in [0.05, 0.1) is 12.2 Å². The standard InChI is InChI=1S/C13H13N7O/c21-13(10-8-14-11-5-1-2-6-19(10)11)20-7-3-4-9(20)12-15-17-18-16-12/h1-2,5-6,8-9H,3-4,7H2,(H,15,16,17,18)/t9-/m0/s1. The van der Waals surface area contributed by atoms with Crippen LogP contribution in [-0.4, -0.2) is 47.4 Å². The minimum Gasteiger partial charge on any atom is -0.327 e. The van der Waals surface area contributed by atoms with Crippen LogP contribution in [0, 0.1) is 0 Å². The van der Waals surface area contributed by atoms with Gasteiger partial charge in [0.2, 0.25) is 0 Å². The van der Waals surface area contributed by atoms with Crippen molar-refractivity contribution in [3.63, 3.8) is 0 Å². The van der Waals surface area contributed by atoms with E-state index in [0.717, 1.165) is 18.5 Å². The number of tetrazole rings is 1. The van der Waals surface area contributed by atoms with Crippen LogP contribution in [0.1, 0.15) is 35.2 Å². The molecule has 4 heterocycles. The maximum Gasteiger partial charge on any atom is 0.273 e. The Labute approximate surface area is 119 Å². The second-order valence-corrected chi connectivity index (χ2v) is 5.00. The summed E-state index contributed by atoms with van der Waals surface area (Å²) < 4.78 is 1.80. The number of hydrogen-bond acceptors (Lipinski definition) is 5. The number of nitrogens with one attached hydrogen (secondary N) is 1. The molecule has 3 aromatic rings. The Balaban J connectivity index is 1.71. The molecular weight excluding hydrogens is 270 g/mol. The molecule has 0 saturated carbocycles. The second-order valence-electron chi connectivity index (χ2n) is 5.00. The van der Waals surface area contributed by atoms with E-state index >= 15 is 0 Å². The zero-order valence-corrected chi connectivity index (χ0v) is 11.2. The number of pyridine rings is 1. The Morgan fingerprint density at radius 2 is 2.33 bits per heavy atom. The topological polar surface area (TPSA) is 92.1 Å². The van der Waals surface area contributed by atoms with Gasteiger partial charge in [-0.05, 0) is 25.0 Å². The number of fused-ring (bicyclic) bond motifs is 1. The summed E-state index contributed by atoms with van der Waals surface area (Å²) in [5.41, 5.74) is 1.32. The van der Waals surface area contributed by atoms with E-state index in [1.165, 1.54) is 0 Å². The lowest BCUT2D eigenvalue weighted by Crippen LogP contribution is -2.32. The molecule has 1 atom stereocenters. The van der Waals surface area contributed by atoms with Crippen molar-refractivity contribution in [3.8, 4) is 0 Å². The zero-order valence-electron chi connectivity index (χ0n) is 11.2. The van der Waals surface area contributed by atoms with Gasteiger partial charge in [-0.15, -0.1) is 10.2 Å². The van der Waals surface area contributed by atoms with Gasteiger partial charge >= 0.3 is 0 Å². The molecule has 0 aliphatic carbocycles. The molecule has 21 heavy (non-hydrogen) atoms. The van der Waals surface area contributed by atoms with Crippen LogP contribution in [0.4, 0.5) is 0 Å². The van der Waals surface area contributed by atoms with Crippen molar-refractivity contribution in [3.05, 3.63) is 42.1 Å². The fourth-order valence-corrected chi connectivity index (χ4v) is 2.83. The Hall–Kier alpha value is -2.77. The Bertz CT molecular complexity index is 779. The molecule has 1 aliphatic heterocycles. The summed E-state index contributed by atoms with van der Waals surface area (Å²) >= 11 is 0. The molecule has 1 fully saturated rings. The summed E-state index contributed by atoms with van der Waals surface area (Å²) in [6, 6.07) is 5.53. The number of carbonyl (C=O) groups excluding carboxylic acids is 1. The second kappa shape index (κ2) is 4.65. The molecule has 1 amide bonds. The molecular formula is C13H13N7O. The van der Waals surface area contributed by atoms with E-state index in [1.54, 1.807) is 15.5 Å². The number of amides is 1. The van der Waals surface area contributed by atoms with Gasteiger partial charge in [0, 0.05) is 12.7 Å². The normalized spacial score (nSPS) is 18.5. The number of hydrogen-bond donors (Lipinski definition) is 1. The quantitative estimate of drug-likeness (QED) is 0.752. The van der Waals surface area contributed by atoms with E-state index < -0.39 is 0 Å². The van der Waals surface area contributed by atoms with E-state index in [1.807, 2.05) is 24.4 Å². The van der Waals surface area contributed by atoms with E-state index in [2.05, 4.69) is 25.6 Å². The van der Waals surface area contributed by atoms with Crippen LogP contribution in [0.5, 0.6) is 0 Å². The minimum atomic E-state index is -0.120. The summed E-state index contributed by atoms with van der Waals surface area (Å²) in [6.45, 7) is 0.693. The van der Waals surface area contributed by atoms with Crippen LogP contribution in [-0.2, 0) is 0 Å². The third kappa shape index (κ3) is 1.87. The molecule has 8 nitrogen and oxygen atoms in total. The third-order valence-corrected chi connectivity index (χ3v) is 3.81. The number of rotatable bonds is 2.